The lowest BCUT2D eigenvalue weighted by atomic mass is 10.2. The highest BCUT2D eigenvalue weighted by atomic mass is 32.2. The number of anilines is 1. The number of thioether (sulfide) groups is 1. The van der Waals surface area contributed by atoms with E-state index < -0.39 is 0 Å². The van der Waals surface area contributed by atoms with Gasteiger partial charge in [0.1, 0.15) is 11.6 Å². The molecule has 0 unspecified atom stereocenters. The molecule has 2 atom stereocenters. The third kappa shape index (κ3) is 5.73. The zero-order chi connectivity index (χ0) is 21.5. The first-order valence-electron chi connectivity index (χ1n) is 9.65. The molecule has 2 aromatic rings. The summed E-state index contributed by atoms with van der Waals surface area (Å²) in [5.74, 6) is 1.24. The van der Waals surface area contributed by atoms with Crippen molar-refractivity contribution in [2.24, 2.45) is 4.99 Å². The molecule has 0 saturated heterocycles. The summed E-state index contributed by atoms with van der Waals surface area (Å²) in [6.45, 7) is 5.45. The molecule has 3 N–H and O–H groups in total. The third-order valence-corrected chi connectivity index (χ3v) is 5.60. The number of rotatable bonds is 8. The van der Waals surface area contributed by atoms with Gasteiger partial charge in [0.25, 0.3) is 5.56 Å². The van der Waals surface area contributed by atoms with E-state index in [0.717, 1.165) is 24.2 Å². The number of aromatic nitrogens is 3. The van der Waals surface area contributed by atoms with Crippen LogP contribution in [0.3, 0.4) is 0 Å². The van der Waals surface area contributed by atoms with Gasteiger partial charge < -0.3 is 15.7 Å². The van der Waals surface area contributed by atoms with Crippen LogP contribution in [0.2, 0.25) is 0 Å². The van der Waals surface area contributed by atoms with Crippen molar-refractivity contribution in [3.8, 4) is 5.75 Å². The summed E-state index contributed by atoms with van der Waals surface area (Å²) in [6, 6.07) is 3.20. The first-order valence-corrected chi connectivity index (χ1v) is 10.9. The van der Waals surface area contributed by atoms with Crippen molar-refractivity contribution in [3.63, 3.8) is 0 Å². The van der Waals surface area contributed by atoms with Crippen molar-refractivity contribution in [2.75, 3.05) is 11.6 Å². The second-order valence-corrected chi connectivity index (χ2v) is 7.93. The molecule has 0 aromatic carbocycles. The fraction of sp³-hybridized carbons (Fsp3) is 0.333. The van der Waals surface area contributed by atoms with Crippen LogP contribution < -0.4 is 16.2 Å². The molecule has 0 radical (unpaired) electrons. The van der Waals surface area contributed by atoms with Gasteiger partial charge >= 0.3 is 0 Å². The van der Waals surface area contributed by atoms with Gasteiger partial charge in [0.2, 0.25) is 5.95 Å². The van der Waals surface area contributed by atoms with E-state index in [1.165, 1.54) is 22.9 Å². The minimum absolute atomic E-state index is 0.0512. The molecule has 0 bridgehead atoms. The summed E-state index contributed by atoms with van der Waals surface area (Å²) in [5, 5.41) is 16.2. The molecular formula is C21H26N6O2S. The summed E-state index contributed by atoms with van der Waals surface area (Å²) in [5.41, 5.74) is 0.412. The van der Waals surface area contributed by atoms with E-state index in [9.17, 15) is 9.90 Å². The van der Waals surface area contributed by atoms with E-state index in [2.05, 4.69) is 32.3 Å². The van der Waals surface area contributed by atoms with Gasteiger partial charge in [0, 0.05) is 47.3 Å². The van der Waals surface area contributed by atoms with Gasteiger partial charge in [-0.1, -0.05) is 0 Å². The largest absolute Gasteiger partial charge is 0.508 e. The topological polar surface area (TPSA) is 104 Å². The molecule has 3 rings (SSSR count). The predicted molar refractivity (Wildman–Crippen MR) is 122 cm³/mol. The molecule has 1 aliphatic carbocycles. The highest BCUT2D eigenvalue weighted by molar-refractivity contribution is 7.98. The first kappa shape index (κ1) is 21.6. The summed E-state index contributed by atoms with van der Waals surface area (Å²) < 4.78 is 1.45. The second kappa shape index (κ2) is 10.1. The van der Waals surface area contributed by atoms with Gasteiger partial charge in [-0.15, -0.1) is 11.8 Å². The Balaban J connectivity index is 1.58. The standard InChI is InChI=1S/C21H26N6O2S/c1-14(27-9-8-17(28)11-20(27)29)4-7-19(22-2)25-15-5-6-16(10-15)26-21-23-12-18(30-3)13-24-21/h4,7-9,11-13,15-16,25,28H,2,5-6,10H2,1,3H3,(H,23,24,26)/b14-4+,19-7+/t15-,16-/m0/s1. The van der Waals surface area contributed by atoms with Crippen LogP contribution in [-0.2, 0) is 0 Å². The van der Waals surface area contributed by atoms with Crippen LogP contribution in [0, 0.1) is 0 Å². The van der Waals surface area contributed by atoms with E-state index in [1.807, 2.05) is 25.6 Å². The summed E-state index contributed by atoms with van der Waals surface area (Å²) in [6.07, 6.45) is 13.7. The van der Waals surface area contributed by atoms with E-state index >= 15 is 0 Å². The minimum Gasteiger partial charge on any atom is -0.508 e. The van der Waals surface area contributed by atoms with Crippen molar-refractivity contribution in [2.45, 2.75) is 43.2 Å². The molecule has 1 fully saturated rings. The van der Waals surface area contributed by atoms with Crippen molar-refractivity contribution >= 4 is 30.1 Å². The fourth-order valence-electron chi connectivity index (χ4n) is 3.32. The normalized spacial score (nSPS) is 19.5. The lowest BCUT2D eigenvalue weighted by Crippen LogP contribution is -2.27. The SMILES string of the molecule is C=N/C(=C\C=C(/C)n1ccc(O)cc1=O)N[C@H]1CC[C@H](Nc2ncc(SC)cn2)C1. The molecule has 1 saturated carbocycles. The molecule has 158 valence electrons. The Morgan fingerprint density at radius 2 is 2.07 bits per heavy atom. The van der Waals surface area contributed by atoms with Crippen LogP contribution in [0.4, 0.5) is 5.95 Å². The van der Waals surface area contributed by atoms with Crippen LogP contribution in [0.15, 0.2) is 63.4 Å². The van der Waals surface area contributed by atoms with Crippen LogP contribution in [0.25, 0.3) is 5.70 Å². The average molecular weight is 427 g/mol. The lowest BCUT2D eigenvalue weighted by Gasteiger charge is -2.15. The Labute approximate surface area is 179 Å². The highest BCUT2D eigenvalue weighted by Gasteiger charge is 2.25. The zero-order valence-electron chi connectivity index (χ0n) is 17.1. The van der Waals surface area contributed by atoms with Gasteiger partial charge in [0.05, 0.1) is 0 Å². The molecular weight excluding hydrogens is 400 g/mol. The number of hydrogen-bond donors (Lipinski definition) is 3. The van der Waals surface area contributed by atoms with E-state index in [-0.39, 0.29) is 17.4 Å². The summed E-state index contributed by atoms with van der Waals surface area (Å²) in [7, 11) is 0. The Morgan fingerprint density at radius 1 is 1.33 bits per heavy atom. The maximum atomic E-state index is 12.0. The zero-order valence-corrected chi connectivity index (χ0v) is 17.9. The smallest absolute Gasteiger partial charge is 0.258 e. The molecule has 2 aromatic heterocycles. The van der Waals surface area contributed by atoms with Gasteiger partial charge in [-0.25, -0.2) is 15.0 Å². The lowest BCUT2D eigenvalue weighted by molar-refractivity contribution is 0.473. The second-order valence-electron chi connectivity index (χ2n) is 7.05. The Hall–Kier alpha value is -3.07. The van der Waals surface area contributed by atoms with E-state index in [0.29, 0.717) is 23.5 Å². The van der Waals surface area contributed by atoms with Crippen LogP contribution in [0.1, 0.15) is 26.2 Å². The van der Waals surface area contributed by atoms with Gasteiger partial charge in [0.15, 0.2) is 0 Å². The first-order chi connectivity index (χ1) is 14.5. The molecule has 30 heavy (non-hydrogen) atoms. The Bertz CT molecular complexity index is 999. The highest BCUT2D eigenvalue weighted by Crippen LogP contribution is 2.23. The molecule has 1 aliphatic rings. The van der Waals surface area contributed by atoms with Crippen LogP contribution in [0.5, 0.6) is 5.75 Å². The van der Waals surface area contributed by atoms with Gasteiger partial charge in [-0.2, -0.15) is 0 Å². The summed E-state index contributed by atoms with van der Waals surface area (Å²) in [4.78, 5) is 25.8. The van der Waals surface area contributed by atoms with Gasteiger partial charge in [-0.3, -0.25) is 9.36 Å². The third-order valence-electron chi connectivity index (χ3n) is 4.92. The van der Waals surface area contributed by atoms with E-state index in [4.69, 9.17) is 0 Å². The molecule has 0 spiro atoms. The van der Waals surface area contributed by atoms with Crippen molar-refractivity contribution in [1.82, 2.24) is 19.9 Å². The van der Waals surface area contributed by atoms with Crippen LogP contribution in [-0.4, -0.2) is 44.7 Å². The summed E-state index contributed by atoms with van der Waals surface area (Å²) >= 11 is 1.62. The number of allylic oxidation sites excluding steroid dienone is 3. The number of pyridine rings is 1. The number of nitrogens with zero attached hydrogens (tertiary/aromatic N) is 4. The monoisotopic (exact) mass is 426 g/mol. The minimum atomic E-state index is -0.296. The Morgan fingerprint density at radius 3 is 2.73 bits per heavy atom. The predicted octanol–water partition coefficient (Wildman–Crippen LogP) is 3.09. The fourth-order valence-corrected chi connectivity index (χ4v) is 3.63. The van der Waals surface area contributed by atoms with Crippen LogP contribution >= 0.6 is 11.8 Å². The molecule has 2 heterocycles. The molecule has 0 amide bonds. The average Bonchev–Trinajstić information content (AvgIpc) is 3.18. The van der Waals surface area contributed by atoms with Gasteiger partial charge in [-0.05, 0) is 57.4 Å². The molecule has 8 nitrogen and oxygen atoms in total. The molecule has 0 aliphatic heterocycles. The van der Waals surface area contributed by atoms with E-state index in [1.54, 1.807) is 23.9 Å². The number of aromatic hydroxyl groups is 1. The van der Waals surface area contributed by atoms with Crippen molar-refractivity contribution in [3.05, 3.63) is 59.1 Å². The van der Waals surface area contributed by atoms with Crippen molar-refractivity contribution in [1.29, 1.82) is 0 Å². The number of hydrogen-bond acceptors (Lipinski definition) is 8. The quantitative estimate of drug-likeness (QED) is 0.338. The molecule has 9 heteroatoms. The maximum Gasteiger partial charge on any atom is 0.258 e. The number of aliphatic imine (C=N–C) groups is 1. The number of nitrogens with one attached hydrogen (secondary N) is 2. The van der Waals surface area contributed by atoms with Crippen molar-refractivity contribution < 1.29 is 5.11 Å². The Kier molecular flexibility index (Phi) is 7.29. The maximum absolute atomic E-state index is 12.0.